The van der Waals surface area contributed by atoms with Gasteiger partial charge in [-0.2, -0.15) is 5.10 Å². The van der Waals surface area contributed by atoms with Crippen molar-refractivity contribution >= 4 is 22.4 Å². The van der Waals surface area contributed by atoms with Gasteiger partial charge in [-0.25, -0.2) is 4.98 Å². The Hall–Kier alpha value is -1.69. The summed E-state index contributed by atoms with van der Waals surface area (Å²) in [5, 5.41) is 9.26. The molecular formula is C10H12N4OS. The molecule has 0 aliphatic carbocycles. The van der Waals surface area contributed by atoms with Crippen LogP contribution in [0.2, 0.25) is 0 Å². The minimum atomic E-state index is -0.0150. The van der Waals surface area contributed by atoms with Gasteiger partial charge in [-0.15, -0.1) is 11.3 Å². The van der Waals surface area contributed by atoms with E-state index in [2.05, 4.69) is 15.4 Å². The molecule has 2 rings (SSSR count). The molecule has 2 heterocycles. The van der Waals surface area contributed by atoms with Crippen molar-refractivity contribution in [1.82, 2.24) is 14.8 Å². The van der Waals surface area contributed by atoms with Crippen LogP contribution in [0.4, 0.5) is 5.13 Å². The standard InChI is InChI=1S/C10H12N4OS/c1-14-7-8(6-12-14)2-3-9(15)13-10-11-4-5-16-10/h4-7H,2-3H2,1H3,(H,11,13,15). The fraction of sp³-hybridized carbons (Fsp3) is 0.300. The first-order valence-electron chi connectivity index (χ1n) is 4.91. The first-order valence-corrected chi connectivity index (χ1v) is 5.79. The average Bonchev–Trinajstić information content (AvgIpc) is 2.87. The lowest BCUT2D eigenvalue weighted by atomic mass is 10.2. The quantitative estimate of drug-likeness (QED) is 0.874. The van der Waals surface area contributed by atoms with E-state index in [9.17, 15) is 4.79 Å². The van der Waals surface area contributed by atoms with Gasteiger partial charge in [-0.05, 0) is 12.0 Å². The third kappa shape index (κ3) is 2.90. The highest BCUT2D eigenvalue weighted by Crippen LogP contribution is 2.11. The molecule has 0 bridgehead atoms. The number of hydrogen-bond donors (Lipinski definition) is 1. The maximum absolute atomic E-state index is 11.5. The van der Waals surface area contributed by atoms with Crippen LogP contribution in [0.25, 0.3) is 0 Å². The number of hydrogen-bond acceptors (Lipinski definition) is 4. The zero-order valence-corrected chi connectivity index (χ0v) is 9.70. The summed E-state index contributed by atoms with van der Waals surface area (Å²) in [7, 11) is 1.86. The Morgan fingerprint density at radius 3 is 3.12 bits per heavy atom. The lowest BCUT2D eigenvalue weighted by Gasteiger charge is -1.99. The lowest BCUT2D eigenvalue weighted by molar-refractivity contribution is -0.116. The summed E-state index contributed by atoms with van der Waals surface area (Å²) in [6.45, 7) is 0. The Balaban J connectivity index is 1.80. The third-order valence-electron chi connectivity index (χ3n) is 2.08. The molecule has 0 aliphatic rings. The number of aromatic nitrogens is 3. The summed E-state index contributed by atoms with van der Waals surface area (Å²) in [6.07, 6.45) is 6.51. The Bertz CT molecular complexity index is 463. The minimum Gasteiger partial charge on any atom is -0.302 e. The highest BCUT2D eigenvalue weighted by molar-refractivity contribution is 7.13. The van der Waals surface area contributed by atoms with Crippen LogP contribution in [0.3, 0.4) is 0 Å². The zero-order valence-electron chi connectivity index (χ0n) is 8.88. The van der Waals surface area contributed by atoms with Gasteiger partial charge in [0.25, 0.3) is 0 Å². The molecule has 0 aromatic carbocycles. The van der Waals surface area contributed by atoms with Crippen LogP contribution in [-0.4, -0.2) is 20.7 Å². The van der Waals surface area contributed by atoms with E-state index in [1.54, 1.807) is 17.1 Å². The normalized spacial score (nSPS) is 10.3. The number of nitrogens with zero attached hydrogens (tertiary/aromatic N) is 3. The van der Waals surface area contributed by atoms with Gasteiger partial charge < -0.3 is 5.32 Å². The summed E-state index contributed by atoms with van der Waals surface area (Å²) >= 11 is 1.42. The third-order valence-corrected chi connectivity index (χ3v) is 2.77. The fourth-order valence-electron chi connectivity index (χ4n) is 1.33. The number of carbonyl (C=O) groups excluding carboxylic acids is 1. The molecule has 0 radical (unpaired) electrons. The van der Waals surface area contributed by atoms with Crippen LogP contribution in [0.1, 0.15) is 12.0 Å². The fourth-order valence-corrected chi connectivity index (χ4v) is 1.87. The van der Waals surface area contributed by atoms with E-state index in [1.807, 2.05) is 18.6 Å². The Labute approximate surface area is 97.1 Å². The maximum atomic E-state index is 11.5. The summed E-state index contributed by atoms with van der Waals surface area (Å²) in [6, 6.07) is 0. The van der Waals surface area contributed by atoms with Crippen molar-refractivity contribution in [3.8, 4) is 0 Å². The lowest BCUT2D eigenvalue weighted by Crippen LogP contribution is -2.11. The molecule has 0 fully saturated rings. The van der Waals surface area contributed by atoms with Crippen molar-refractivity contribution < 1.29 is 4.79 Å². The number of amides is 1. The average molecular weight is 236 g/mol. The summed E-state index contributed by atoms with van der Waals surface area (Å²) < 4.78 is 1.73. The topological polar surface area (TPSA) is 59.8 Å². The first-order chi connectivity index (χ1) is 7.74. The van der Waals surface area contributed by atoms with E-state index >= 15 is 0 Å². The second-order valence-corrected chi connectivity index (χ2v) is 4.30. The summed E-state index contributed by atoms with van der Waals surface area (Å²) in [5.41, 5.74) is 1.07. The van der Waals surface area contributed by atoms with E-state index in [-0.39, 0.29) is 5.91 Å². The van der Waals surface area contributed by atoms with Crippen LogP contribution in [0.15, 0.2) is 24.0 Å². The molecule has 0 aliphatic heterocycles. The molecular weight excluding hydrogens is 224 g/mol. The van der Waals surface area contributed by atoms with Gasteiger partial charge in [0.15, 0.2) is 5.13 Å². The van der Waals surface area contributed by atoms with E-state index < -0.39 is 0 Å². The molecule has 0 spiro atoms. The highest BCUT2D eigenvalue weighted by atomic mass is 32.1. The van der Waals surface area contributed by atoms with Crippen molar-refractivity contribution in [1.29, 1.82) is 0 Å². The number of thiazole rings is 1. The molecule has 16 heavy (non-hydrogen) atoms. The second-order valence-electron chi connectivity index (χ2n) is 3.41. The van der Waals surface area contributed by atoms with E-state index in [4.69, 9.17) is 0 Å². The van der Waals surface area contributed by atoms with Crippen LogP contribution in [0.5, 0.6) is 0 Å². The largest absolute Gasteiger partial charge is 0.302 e. The molecule has 0 unspecified atom stereocenters. The number of anilines is 1. The predicted molar refractivity (Wildman–Crippen MR) is 62.3 cm³/mol. The van der Waals surface area contributed by atoms with Crippen LogP contribution >= 0.6 is 11.3 Å². The minimum absolute atomic E-state index is 0.0150. The Morgan fingerprint density at radius 2 is 2.50 bits per heavy atom. The molecule has 0 saturated heterocycles. The van der Waals surface area contributed by atoms with Gasteiger partial charge >= 0.3 is 0 Å². The second kappa shape index (κ2) is 4.89. The SMILES string of the molecule is Cn1cc(CCC(=O)Nc2nccs2)cn1. The molecule has 6 heteroatoms. The highest BCUT2D eigenvalue weighted by Gasteiger charge is 2.05. The number of carbonyl (C=O) groups is 1. The van der Waals surface area contributed by atoms with Crippen LogP contribution < -0.4 is 5.32 Å². The van der Waals surface area contributed by atoms with Crippen molar-refractivity contribution in [2.24, 2.45) is 7.05 Å². The molecule has 0 atom stereocenters. The zero-order chi connectivity index (χ0) is 11.4. The molecule has 2 aromatic heterocycles. The van der Waals surface area contributed by atoms with Crippen LogP contribution in [0, 0.1) is 0 Å². The van der Waals surface area contributed by atoms with Crippen molar-refractivity contribution in [2.45, 2.75) is 12.8 Å². The molecule has 5 nitrogen and oxygen atoms in total. The van der Waals surface area contributed by atoms with Crippen LogP contribution in [-0.2, 0) is 18.3 Å². The molecule has 2 aromatic rings. The maximum Gasteiger partial charge on any atom is 0.226 e. The van der Waals surface area contributed by atoms with Gasteiger partial charge in [0.2, 0.25) is 5.91 Å². The molecule has 0 saturated carbocycles. The van der Waals surface area contributed by atoms with E-state index in [1.165, 1.54) is 11.3 Å². The van der Waals surface area contributed by atoms with E-state index in [0.717, 1.165) is 5.56 Å². The number of aryl methyl sites for hydroxylation is 2. The van der Waals surface area contributed by atoms with Gasteiger partial charge in [0.1, 0.15) is 0 Å². The first kappa shape index (κ1) is 10.8. The van der Waals surface area contributed by atoms with Crippen molar-refractivity contribution in [3.63, 3.8) is 0 Å². The van der Waals surface area contributed by atoms with Crippen molar-refractivity contribution in [3.05, 3.63) is 29.5 Å². The summed E-state index contributed by atoms with van der Waals surface area (Å²) in [4.78, 5) is 15.5. The number of rotatable bonds is 4. The number of nitrogens with one attached hydrogen (secondary N) is 1. The van der Waals surface area contributed by atoms with Gasteiger partial charge in [-0.3, -0.25) is 9.48 Å². The molecule has 1 N–H and O–H groups in total. The van der Waals surface area contributed by atoms with E-state index in [0.29, 0.717) is 18.0 Å². The smallest absolute Gasteiger partial charge is 0.226 e. The monoisotopic (exact) mass is 236 g/mol. The Kier molecular flexibility index (Phi) is 3.31. The predicted octanol–water partition coefficient (Wildman–Crippen LogP) is 1.45. The Morgan fingerprint density at radius 1 is 1.62 bits per heavy atom. The van der Waals surface area contributed by atoms with Gasteiger partial charge in [0, 0.05) is 31.2 Å². The van der Waals surface area contributed by atoms with Crippen molar-refractivity contribution in [2.75, 3.05) is 5.32 Å². The van der Waals surface area contributed by atoms with Gasteiger partial charge in [0.05, 0.1) is 6.20 Å². The van der Waals surface area contributed by atoms with Gasteiger partial charge in [-0.1, -0.05) is 0 Å². The summed E-state index contributed by atoms with van der Waals surface area (Å²) in [5.74, 6) is -0.0150. The molecule has 84 valence electrons. The molecule has 1 amide bonds.